The number of carbonyl (C=O) groups is 3. The van der Waals surface area contributed by atoms with Crippen LogP contribution in [0.5, 0.6) is 0 Å². The molecule has 3 rings (SSSR count). The molecule has 0 bridgehead atoms. The Hall–Kier alpha value is -3.81. The molecule has 3 amide bonds. The number of carbonyl (C=O) groups excluding carboxylic acids is 3. The summed E-state index contributed by atoms with van der Waals surface area (Å²) in [6, 6.07) is 12.8. The highest BCUT2D eigenvalue weighted by atomic mass is 16.2. The summed E-state index contributed by atoms with van der Waals surface area (Å²) >= 11 is 0. The molecule has 8 nitrogen and oxygen atoms in total. The van der Waals surface area contributed by atoms with Gasteiger partial charge in [0.15, 0.2) is 0 Å². The zero-order valence-electron chi connectivity index (χ0n) is 17.8. The van der Waals surface area contributed by atoms with Gasteiger partial charge >= 0.3 is 0 Å². The molecule has 0 fully saturated rings. The van der Waals surface area contributed by atoms with Crippen molar-refractivity contribution in [2.45, 2.75) is 33.2 Å². The summed E-state index contributed by atoms with van der Waals surface area (Å²) in [5.74, 6) is -1.23. The van der Waals surface area contributed by atoms with E-state index in [2.05, 4.69) is 26.5 Å². The number of nitrogens with one attached hydrogen (secondary N) is 5. The molecule has 0 saturated carbocycles. The first-order chi connectivity index (χ1) is 14.8. The van der Waals surface area contributed by atoms with Gasteiger partial charge in [-0.3, -0.25) is 25.2 Å². The first-order valence-corrected chi connectivity index (χ1v) is 10.1. The lowest BCUT2D eigenvalue weighted by atomic mass is 10.0. The van der Waals surface area contributed by atoms with E-state index in [4.69, 9.17) is 0 Å². The van der Waals surface area contributed by atoms with Crippen molar-refractivity contribution in [3.63, 3.8) is 0 Å². The number of anilines is 1. The summed E-state index contributed by atoms with van der Waals surface area (Å²) in [7, 11) is 0. The van der Waals surface area contributed by atoms with E-state index in [9.17, 15) is 14.4 Å². The number of hydrogen-bond donors (Lipinski definition) is 5. The SMILES string of the molecule is CC(=O)NC(Cc1c[nH]c2ccccc12)C(=O)NNC(=O)CNc1ccc(C)cc1C. The topological polar surface area (TPSA) is 115 Å². The van der Waals surface area contributed by atoms with Gasteiger partial charge in [0.25, 0.3) is 11.8 Å². The molecule has 0 aliphatic carbocycles. The van der Waals surface area contributed by atoms with Crippen molar-refractivity contribution < 1.29 is 14.4 Å². The fraction of sp³-hybridized carbons (Fsp3) is 0.261. The van der Waals surface area contributed by atoms with E-state index in [0.29, 0.717) is 0 Å². The number of aromatic nitrogens is 1. The van der Waals surface area contributed by atoms with E-state index < -0.39 is 17.9 Å². The van der Waals surface area contributed by atoms with Gasteiger partial charge in [0, 0.05) is 36.1 Å². The standard InChI is InChI=1S/C23H27N5O3/c1-14-8-9-19(15(2)10-14)25-13-22(30)27-28-23(31)21(26-16(3)29)11-17-12-24-20-7-5-4-6-18(17)20/h4-10,12,21,24-25H,11,13H2,1-3H3,(H,26,29)(H,27,30)(H,28,31). The maximum Gasteiger partial charge on any atom is 0.261 e. The molecular weight excluding hydrogens is 394 g/mol. The van der Waals surface area contributed by atoms with Crippen LogP contribution in [0.15, 0.2) is 48.7 Å². The number of aromatic amines is 1. The van der Waals surface area contributed by atoms with Crippen LogP contribution in [0, 0.1) is 13.8 Å². The van der Waals surface area contributed by atoms with Gasteiger partial charge in [-0.2, -0.15) is 0 Å². The molecule has 0 aliphatic rings. The molecule has 2 aromatic carbocycles. The summed E-state index contributed by atoms with van der Waals surface area (Å²) in [5.41, 5.74) is 9.66. The predicted octanol–water partition coefficient (Wildman–Crippen LogP) is 2.09. The third-order valence-electron chi connectivity index (χ3n) is 4.94. The summed E-state index contributed by atoms with van der Waals surface area (Å²) in [4.78, 5) is 39.6. The summed E-state index contributed by atoms with van der Waals surface area (Å²) < 4.78 is 0. The van der Waals surface area contributed by atoms with Crippen LogP contribution in [0.1, 0.15) is 23.6 Å². The van der Waals surface area contributed by atoms with E-state index in [1.165, 1.54) is 6.92 Å². The minimum atomic E-state index is -0.829. The molecular formula is C23H27N5O3. The highest BCUT2D eigenvalue weighted by Gasteiger charge is 2.22. The number of benzene rings is 2. The van der Waals surface area contributed by atoms with Crippen molar-refractivity contribution in [1.82, 2.24) is 21.2 Å². The maximum absolute atomic E-state index is 12.6. The van der Waals surface area contributed by atoms with Crippen LogP contribution < -0.4 is 21.5 Å². The van der Waals surface area contributed by atoms with Crippen LogP contribution in [0.2, 0.25) is 0 Å². The smallest absolute Gasteiger partial charge is 0.261 e. The normalized spacial score (nSPS) is 11.6. The molecule has 5 N–H and O–H groups in total. The summed E-state index contributed by atoms with van der Waals surface area (Å²) in [6.45, 7) is 5.30. The quantitative estimate of drug-likeness (QED) is 0.376. The molecule has 162 valence electrons. The molecule has 0 saturated heterocycles. The molecule has 0 spiro atoms. The average Bonchev–Trinajstić information content (AvgIpc) is 3.13. The van der Waals surface area contributed by atoms with Crippen LogP contribution in [0.25, 0.3) is 10.9 Å². The van der Waals surface area contributed by atoms with Crippen LogP contribution in [-0.2, 0) is 20.8 Å². The van der Waals surface area contributed by atoms with Gasteiger partial charge in [-0.25, -0.2) is 0 Å². The molecule has 31 heavy (non-hydrogen) atoms. The van der Waals surface area contributed by atoms with Gasteiger partial charge in [-0.05, 0) is 37.1 Å². The second kappa shape index (κ2) is 9.80. The Morgan fingerprint density at radius 1 is 1.03 bits per heavy atom. The van der Waals surface area contributed by atoms with E-state index in [1.54, 1.807) is 0 Å². The van der Waals surface area contributed by atoms with E-state index in [1.807, 2.05) is 62.5 Å². The molecule has 0 radical (unpaired) electrons. The van der Waals surface area contributed by atoms with Gasteiger partial charge < -0.3 is 15.6 Å². The molecule has 3 aromatic rings. The molecule has 8 heteroatoms. The van der Waals surface area contributed by atoms with Crippen molar-refractivity contribution in [1.29, 1.82) is 0 Å². The number of aryl methyl sites for hydroxylation is 2. The first-order valence-electron chi connectivity index (χ1n) is 10.1. The minimum Gasteiger partial charge on any atom is -0.376 e. The Bertz CT molecular complexity index is 1110. The van der Waals surface area contributed by atoms with E-state index >= 15 is 0 Å². The Labute approximate surface area is 180 Å². The Balaban J connectivity index is 1.57. The lowest BCUT2D eigenvalue weighted by Gasteiger charge is -2.18. The summed E-state index contributed by atoms with van der Waals surface area (Å²) in [5, 5.41) is 6.67. The fourth-order valence-corrected chi connectivity index (χ4v) is 3.43. The van der Waals surface area contributed by atoms with Gasteiger partial charge in [0.05, 0.1) is 6.54 Å². The molecule has 1 atom stereocenters. The van der Waals surface area contributed by atoms with E-state index in [-0.39, 0.29) is 18.9 Å². The molecule has 1 heterocycles. The van der Waals surface area contributed by atoms with Crippen molar-refractivity contribution >= 4 is 34.3 Å². The second-order valence-corrected chi connectivity index (χ2v) is 7.53. The zero-order valence-corrected chi connectivity index (χ0v) is 17.8. The minimum absolute atomic E-state index is 0.00255. The largest absolute Gasteiger partial charge is 0.376 e. The Kier molecular flexibility index (Phi) is 6.92. The van der Waals surface area contributed by atoms with Crippen LogP contribution in [-0.4, -0.2) is 35.3 Å². The number of amides is 3. The number of H-pyrrole nitrogens is 1. The number of hydrogen-bond acceptors (Lipinski definition) is 4. The van der Waals surface area contributed by atoms with Crippen molar-refractivity contribution in [2.24, 2.45) is 0 Å². The second-order valence-electron chi connectivity index (χ2n) is 7.53. The Morgan fingerprint density at radius 2 is 1.81 bits per heavy atom. The highest BCUT2D eigenvalue weighted by molar-refractivity contribution is 5.91. The van der Waals surface area contributed by atoms with Gasteiger partial charge in [-0.1, -0.05) is 35.9 Å². The Morgan fingerprint density at radius 3 is 2.55 bits per heavy atom. The van der Waals surface area contributed by atoms with E-state index in [0.717, 1.165) is 33.3 Å². The highest BCUT2D eigenvalue weighted by Crippen LogP contribution is 2.19. The number of rotatable bonds is 7. The van der Waals surface area contributed by atoms with Gasteiger partial charge in [0.1, 0.15) is 6.04 Å². The lowest BCUT2D eigenvalue weighted by molar-refractivity contribution is -0.131. The summed E-state index contributed by atoms with van der Waals surface area (Å²) in [6.07, 6.45) is 2.10. The van der Waals surface area contributed by atoms with Crippen LogP contribution in [0.3, 0.4) is 0 Å². The van der Waals surface area contributed by atoms with Crippen LogP contribution in [0.4, 0.5) is 5.69 Å². The fourth-order valence-electron chi connectivity index (χ4n) is 3.43. The van der Waals surface area contributed by atoms with Crippen molar-refractivity contribution in [2.75, 3.05) is 11.9 Å². The van der Waals surface area contributed by atoms with Crippen LogP contribution >= 0.6 is 0 Å². The average molecular weight is 422 g/mol. The lowest BCUT2D eigenvalue weighted by Crippen LogP contribution is -2.53. The third kappa shape index (κ3) is 5.85. The molecule has 1 unspecified atom stereocenters. The number of hydrazine groups is 1. The maximum atomic E-state index is 12.6. The van der Waals surface area contributed by atoms with Crippen molar-refractivity contribution in [3.8, 4) is 0 Å². The molecule has 1 aromatic heterocycles. The van der Waals surface area contributed by atoms with Gasteiger partial charge in [-0.15, -0.1) is 0 Å². The predicted molar refractivity (Wildman–Crippen MR) is 120 cm³/mol. The zero-order chi connectivity index (χ0) is 22.4. The molecule has 0 aliphatic heterocycles. The van der Waals surface area contributed by atoms with Gasteiger partial charge in [0.2, 0.25) is 5.91 Å². The number of fused-ring (bicyclic) bond motifs is 1. The third-order valence-corrected chi connectivity index (χ3v) is 4.94. The monoisotopic (exact) mass is 421 g/mol. The number of para-hydroxylation sites is 1. The van der Waals surface area contributed by atoms with Crippen molar-refractivity contribution in [3.05, 3.63) is 65.4 Å². The first kappa shape index (κ1) is 21.9.